The van der Waals surface area contributed by atoms with Crippen LogP contribution in [-0.2, 0) is 0 Å². The van der Waals surface area contributed by atoms with E-state index in [0.29, 0.717) is 6.07 Å². The van der Waals surface area contributed by atoms with Gasteiger partial charge in [0.05, 0.1) is 12.7 Å². The fourth-order valence-corrected chi connectivity index (χ4v) is 1.19. The van der Waals surface area contributed by atoms with Crippen LogP contribution in [0.4, 0.5) is 26.3 Å². The summed E-state index contributed by atoms with van der Waals surface area (Å²) in [5.74, 6) is -10.3. The van der Waals surface area contributed by atoms with E-state index in [2.05, 4.69) is 4.74 Å². The molecule has 0 spiro atoms. The first-order chi connectivity index (χ1) is 8.13. The Morgan fingerprint density at radius 2 is 1.72 bits per heavy atom. The van der Waals surface area contributed by atoms with Crippen molar-refractivity contribution in [2.75, 3.05) is 7.11 Å². The first-order valence-electron chi connectivity index (χ1n) is 4.44. The van der Waals surface area contributed by atoms with E-state index in [1.165, 1.54) is 0 Å². The third kappa shape index (κ3) is 2.27. The van der Waals surface area contributed by atoms with Gasteiger partial charge in [-0.25, -0.2) is 4.39 Å². The molecule has 1 rings (SSSR count). The summed E-state index contributed by atoms with van der Waals surface area (Å²) in [7, 11) is 0.848. The Hall–Kier alpha value is -1.73. The molecule has 0 saturated heterocycles. The minimum absolute atomic E-state index is 0.629. The Labute approximate surface area is 97.2 Å². The van der Waals surface area contributed by atoms with Gasteiger partial charge in [0.25, 0.3) is 0 Å². The number of rotatable bonds is 3. The van der Waals surface area contributed by atoms with Crippen LogP contribution in [0.25, 0.3) is 0 Å². The normalized spacial score (nSPS) is 12.4. The third-order valence-electron chi connectivity index (χ3n) is 2.06. The predicted molar refractivity (Wildman–Crippen MR) is 48.3 cm³/mol. The third-order valence-corrected chi connectivity index (χ3v) is 2.06. The number of hydrogen-bond acceptors (Lipinski definition) is 2. The van der Waals surface area contributed by atoms with Crippen molar-refractivity contribution in [2.45, 2.75) is 12.1 Å². The molecule has 0 amide bonds. The molecule has 0 radical (unpaired) electrons. The summed E-state index contributed by atoms with van der Waals surface area (Å²) in [6.45, 7) is 0. The van der Waals surface area contributed by atoms with Crippen molar-refractivity contribution in [1.82, 2.24) is 0 Å². The molecule has 0 unspecified atom stereocenters. The quantitative estimate of drug-likeness (QED) is 0.623. The highest BCUT2D eigenvalue weighted by atomic mass is 19.4. The molecule has 0 saturated carbocycles. The molecule has 0 aliphatic carbocycles. The van der Waals surface area contributed by atoms with Gasteiger partial charge in [-0.15, -0.1) is 0 Å². The highest BCUT2D eigenvalue weighted by molar-refractivity contribution is 6.04. The van der Waals surface area contributed by atoms with Gasteiger partial charge in [0, 0.05) is 0 Å². The number of alkyl halides is 5. The molecule has 0 aromatic heterocycles. The maximum absolute atomic E-state index is 13.1. The van der Waals surface area contributed by atoms with Gasteiger partial charge < -0.3 is 4.74 Å². The second kappa shape index (κ2) is 4.51. The van der Waals surface area contributed by atoms with E-state index in [0.717, 1.165) is 19.2 Å². The molecular weight excluding hydrogens is 266 g/mol. The molecule has 0 aliphatic rings. The monoisotopic (exact) mass is 272 g/mol. The highest BCUT2D eigenvalue weighted by Crippen LogP contribution is 2.39. The van der Waals surface area contributed by atoms with E-state index >= 15 is 0 Å². The molecule has 1 aromatic rings. The SMILES string of the molecule is COc1c(F)cccc1C(=O)C(F)(F)C(F)(F)F. The first kappa shape index (κ1) is 14.3. The fraction of sp³-hybridized carbons (Fsp3) is 0.300. The number of para-hydroxylation sites is 1. The summed E-state index contributed by atoms with van der Waals surface area (Å²) in [5.41, 5.74) is -1.17. The lowest BCUT2D eigenvalue weighted by Crippen LogP contribution is -2.44. The average Bonchev–Trinajstić information content (AvgIpc) is 2.26. The van der Waals surface area contributed by atoms with E-state index in [4.69, 9.17) is 0 Å². The second-order valence-corrected chi connectivity index (χ2v) is 3.22. The number of carbonyl (C=O) groups excluding carboxylic acids is 1. The predicted octanol–water partition coefficient (Wildman–Crippen LogP) is 3.21. The molecule has 0 heterocycles. The van der Waals surface area contributed by atoms with Gasteiger partial charge in [0.15, 0.2) is 11.6 Å². The summed E-state index contributed by atoms with van der Waals surface area (Å²) in [4.78, 5) is 11.1. The van der Waals surface area contributed by atoms with Crippen LogP contribution in [0, 0.1) is 5.82 Å². The molecule has 1 aromatic carbocycles. The summed E-state index contributed by atoms with van der Waals surface area (Å²) in [6.07, 6.45) is -6.05. The summed E-state index contributed by atoms with van der Waals surface area (Å²) < 4.78 is 79.0. The van der Waals surface area contributed by atoms with E-state index in [1.54, 1.807) is 0 Å². The molecule has 18 heavy (non-hydrogen) atoms. The van der Waals surface area contributed by atoms with Gasteiger partial charge in [-0.05, 0) is 12.1 Å². The van der Waals surface area contributed by atoms with Crippen LogP contribution in [0.5, 0.6) is 5.75 Å². The van der Waals surface area contributed by atoms with Gasteiger partial charge in [-0.1, -0.05) is 6.07 Å². The molecule has 8 heteroatoms. The van der Waals surface area contributed by atoms with E-state index in [-0.39, 0.29) is 0 Å². The average molecular weight is 272 g/mol. The Morgan fingerprint density at radius 1 is 1.17 bits per heavy atom. The fourth-order valence-electron chi connectivity index (χ4n) is 1.19. The molecule has 0 atom stereocenters. The van der Waals surface area contributed by atoms with Crippen LogP contribution in [0.15, 0.2) is 18.2 Å². The molecular formula is C10H6F6O2. The van der Waals surface area contributed by atoms with Crippen molar-refractivity contribution in [3.63, 3.8) is 0 Å². The van der Waals surface area contributed by atoms with Gasteiger partial charge >= 0.3 is 12.1 Å². The van der Waals surface area contributed by atoms with E-state index in [9.17, 15) is 31.1 Å². The van der Waals surface area contributed by atoms with Crippen LogP contribution in [0.2, 0.25) is 0 Å². The Bertz CT molecular complexity index is 466. The lowest BCUT2D eigenvalue weighted by Gasteiger charge is -2.19. The zero-order valence-electron chi connectivity index (χ0n) is 8.82. The van der Waals surface area contributed by atoms with Crippen molar-refractivity contribution in [1.29, 1.82) is 0 Å². The van der Waals surface area contributed by atoms with Gasteiger partial charge in [-0.2, -0.15) is 22.0 Å². The van der Waals surface area contributed by atoms with Gasteiger partial charge in [-0.3, -0.25) is 4.79 Å². The first-order valence-corrected chi connectivity index (χ1v) is 4.44. The lowest BCUT2D eigenvalue weighted by atomic mass is 10.0. The summed E-state index contributed by atoms with van der Waals surface area (Å²) in [5, 5.41) is 0. The topological polar surface area (TPSA) is 26.3 Å². The zero-order chi connectivity index (χ0) is 14.1. The van der Waals surface area contributed by atoms with Gasteiger partial charge in [0.1, 0.15) is 0 Å². The summed E-state index contributed by atoms with van der Waals surface area (Å²) >= 11 is 0. The van der Waals surface area contributed by atoms with Crippen molar-refractivity contribution in [3.8, 4) is 5.75 Å². The van der Waals surface area contributed by atoms with Crippen LogP contribution in [-0.4, -0.2) is 25.0 Å². The number of hydrogen-bond donors (Lipinski definition) is 0. The standard InChI is InChI=1S/C10H6F6O2/c1-18-7-5(3-2-4-6(7)11)8(17)9(12,13)10(14,15)16/h2-4H,1H3. The maximum atomic E-state index is 13.1. The minimum atomic E-state index is -6.05. The van der Waals surface area contributed by atoms with Crippen molar-refractivity contribution >= 4 is 5.78 Å². The molecule has 100 valence electrons. The Kier molecular flexibility index (Phi) is 3.59. The van der Waals surface area contributed by atoms with Gasteiger partial charge in [0.2, 0.25) is 5.78 Å². The number of ether oxygens (including phenoxy) is 1. The number of halogens is 6. The molecule has 0 N–H and O–H groups in total. The van der Waals surface area contributed by atoms with Crippen LogP contribution in [0.1, 0.15) is 10.4 Å². The number of Topliss-reactive ketones (excluding diaryl/α,β-unsaturated/α-hetero) is 1. The summed E-state index contributed by atoms with van der Waals surface area (Å²) in [6, 6.07) is 2.22. The zero-order valence-corrected chi connectivity index (χ0v) is 8.82. The highest BCUT2D eigenvalue weighted by Gasteiger charge is 2.63. The molecule has 2 nitrogen and oxygen atoms in total. The van der Waals surface area contributed by atoms with Crippen molar-refractivity contribution in [3.05, 3.63) is 29.6 Å². The van der Waals surface area contributed by atoms with E-state index < -0.39 is 35.0 Å². The van der Waals surface area contributed by atoms with Crippen molar-refractivity contribution in [2.24, 2.45) is 0 Å². The Morgan fingerprint density at radius 3 is 2.17 bits per heavy atom. The number of benzene rings is 1. The molecule has 0 bridgehead atoms. The maximum Gasteiger partial charge on any atom is 0.461 e. The number of carbonyl (C=O) groups is 1. The smallest absolute Gasteiger partial charge is 0.461 e. The van der Waals surface area contributed by atoms with Crippen LogP contribution >= 0.6 is 0 Å². The van der Waals surface area contributed by atoms with Crippen molar-refractivity contribution < 1.29 is 35.9 Å². The molecule has 0 fully saturated rings. The Balaban J connectivity index is 3.32. The second-order valence-electron chi connectivity index (χ2n) is 3.22. The minimum Gasteiger partial charge on any atom is -0.493 e. The molecule has 0 aliphatic heterocycles. The number of methoxy groups -OCH3 is 1. The van der Waals surface area contributed by atoms with Crippen LogP contribution in [0.3, 0.4) is 0 Å². The largest absolute Gasteiger partial charge is 0.493 e. The number of ketones is 1. The van der Waals surface area contributed by atoms with E-state index in [1.807, 2.05) is 0 Å². The van der Waals surface area contributed by atoms with Crippen LogP contribution < -0.4 is 4.74 Å². The lowest BCUT2D eigenvalue weighted by molar-refractivity contribution is -0.255.